The van der Waals surface area contributed by atoms with Crippen molar-refractivity contribution in [1.82, 2.24) is 9.97 Å². The molecule has 0 radical (unpaired) electrons. The summed E-state index contributed by atoms with van der Waals surface area (Å²) in [5.41, 5.74) is 0.767. The highest BCUT2D eigenvalue weighted by Gasteiger charge is 2.22. The van der Waals surface area contributed by atoms with Crippen molar-refractivity contribution in [3.8, 4) is 0 Å². The molecule has 0 aliphatic rings. The molecule has 0 spiro atoms. The van der Waals surface area contributed by atoms with E-state index in [0.717, 1.165) is 5.56 Å². The maximum absolute atomic E-state index is 11.9. The molecule has 1 aromatic heterocycles. The molecule has 1 aromatic carbocycles. The van der Waals surface area contributed by atoms with Gasteiger partial charge in [0.1, 0.15) is 0 Å². The molecule has 2 rings (SSSR count). The van der Waals surface area contributed by atoms with Crippen molar-refractivity contribution >= 4 is 22.8 Å². The van der Waals surface area contributed by atoms with E-state index in [1.54, 1.807) is 32.9 Å². The number of rotatable bonds is 1. The van der Waals surface area contributed by atoms with Crippen LogP contribution >= 0.6 is 0 Å². The fraction of sp³-hybridized carbons (Fsp3) is 0.357. The highest BCUT2D eigenvalue weighted by molar-refractivity contribution is 5.93. The fourth-order valence-electron chi connectivity index (χ4n) is 1.61. The summed E-state index contributed by atoms with van der Waals surface area (Å²) < 4.78 is 0. The lowest BCUT2D eigenvalue weighted by atomic mass is 9.96. The predicted octanol–water partition coefficient (Wildman–Crippen LogP) is 2.22. The first-order valence-corrected chi connectivity index (χ1v) is 6.09. The first kappa shape index (κ1) is 13.3. The molecule has 0 saturated carbocycles. The Balaban J connectivity index is 2.45. The predicted molar refractivity (Wildman–Crippen MR) is 75.2 cm³/mol. The van der Waals surface area contributed by atoms with Gasteiger partial charge in [-0.3, -0.25) is 19.9 Å². The first-order chi connectivity index (χ1) is 8.77. The molecular formula is C14H17N3O2. The SMILES string of the molecule is Cc1ccc2nc(NC(=O)C(C)(C)C)[nH]c(=O)c2c1. The number of hydrogen-bond donors (Lipinski definition) is 2. The number of benzene rings is 1. The van der Waals surface area contributed by atoms with E-state index in [0.29, 0.717) is 10.9 Å². The number of aryl methyl sites for hydroxylation is 1. The molecule has 0 unspecified atom stereocenters. The van der Waals surface area contributed by atoms with E-state index in [9.17, 15) is 9.59 Å². The van der Waals surface area contributed by atoms with Crippen LogP contribution in [0, 0.1) is 12.3 Å². The maximum atomic E-state index is 11.9. The number of carbonyl (C=O) groups excluding carboxylic acids is 1. The quantitative estimate of drug-likeness (QED) is 0.824. The third kappa shape index (κ3) is 2.81. The smallest absolute Gasteiger partial charge is 0.260 e. The topological polar surface area (TPSA) is 74.8 Å². The van der Waals surface area contributed by atoms with E-state index in [1.807, 2.05) is 13.0 Å². The van der Waals surface area contributed by atoms with E-state index >= 15 is 0 Å². The van der Waals surface area contributed by atoms with Gasteiger partial charge in [0.2, 0.25) is 11.9 Å². The van der Waals surface area contributed by atoms with Crippen molar-refractivity contribution in [2.45, 2.75) is 27.7 Å². The van der Waals surface area contributed by atoms with E-state index in [1.165, 1.54) is 0 Å². The zero-order valence-corrected chi connectivity index (χ0v) is 11.5. The number of aromatic nitrogens is 2. The minimum atomic E-state index is -0.541. The van der Waals surface area contributed by atoms with Gasteiger partial charge in [0.15, 0.2) is 0 Å². The van der Waals surface area contributed by atoms with Gasteiger partial charge in [0.05, 0.1) is 10.9 Å². The fourth-order valence-corrected chi connectivity index (χ4v) is 1.61. The summed E-state index contributed by atoms with van der Waals surface area (Å²) in [7, 11) is 0. The van der Waals surface area contributed by atoms with Gasteiger partial charge >= 0.3 is 0 Å². The van der Waals surface area contributed by atoms with Gasteiger partial charge in [0, 0.05) is 5.41 Å². The minimum Gasteiger partial charge on any atom is -0.296 e. The second kappa shape index (κ2) is 4.50. The molecule has 0 bridgehead atoms. The normalized spacial score (nSPS) is 11.6. The summed E-state index contributed by atoms with van der Waals surface area (Å²) in [4.78, 5) is 30.6. The molecule has 0 aliphatic heterocycles. The second-order valence-corrected chi connectivity index (χ2v) is 5.64. The third-order valence-corrected chi connectivity index (χ3v) is 2.77. The Morgan fingerprint density at radius 1 is 1.32 bits per heavy atom. The Morgan fingerprint density at radius 3 is 2.63 bits per heavy atom. The van der Waals surface area contributed by atoms with Crippen LogP contribution in [0.3, 0.4) is 0 Å². The summed E-state index contributed by atoms with van der Waals surface area (Å²) >= 11 is 0. The number of amides is 1. The summed E-state index contributed by atoms with van der Waals surface area (Å²) in [6.45, 7) is 7.30. The van der Waals surface area contributed by atoms with Gasteiger partial charge in [-0.15, -0.1) is 0 Å². The first-order valence-electron chi connectivity index (χ1n) is 6.09. The molecule has 5 heteroatoms. The van der Waals surface area contributed by atoms with Crippen molar-refractivity contribution in [2.24, 2.45) is 5.41 Å². The molecule has 0 aliphatic carbocycles. The van der Waals surface area contributed by atoms with E-state index in [-0.39, 0.29) is 17.4 Å². The number of H-pyrrole nitrogens is 1. The lowest BCUT2D eigenvalue weighted by Gasteiger charge is -2.16. The highest BCUT2D eigenvalue weighted by Crippen LogP contribution is 2.16. The van der Waals surface area contributed by atoms with Crippen LogP contribution in [0.2, 0.25) is 0 Å². The van der Waals surface area contributed by atoms with Crippen molar-refractivity contribution in [3.63, 3.8) is 0 Å². The average molecular weight is 259 g/mol. The standard InChI is InChI=1S/C14H17N3O2/c1-8-5-6-10-9(7-8)11(18)16-13(15-10)17-12(19)14(2,3)4/h5-7H,1-4H3,(H2,15,16,17,18,19). The molecule has 19 heavy (non-hydrogen) atoms. The number of anilines is 1. The molecule has 2 N–H and O–H groups in total. The zero-order chi connectivity index (χ0) is 14.2. The van der Waals surface area contributed by atoms with Gasteiger partial charge in [-0.25, -0.2) is 4.98 Å². The lowest BCUT2D eigenvalue weighted by molar-refractivity contribution is -0.123. The summed E-state index contributed by atoms with van der Waals surface area (Å²) in [6, 6.07) is 5.42. The van der Waals surface area contributed by atoms with Crippen molar-refractivity contribution in [2.75, 3.05) is 5.32 Å². The second-order valence-electron chi connectivity index (χ2n) is 5.64. The third-order valence-electron chi connectivity index (χ3n) is 2.77. The molecule has 100 valence electrons. The van der Waals surface area contributed by atoms with Crippen LogP contribution in [0.1, 0.15) is 26.3 Å². The van der Waals surface area contributed by atoms with Crippen LogP contribution in [0.25, 0.3) is 10.9 Å². The summed E-state index contributed by atoms with van der Waals surface area (Å²) in [5.74, 6) is -0.0108. The summed E-state index contributed by atoms with van der Waals surface area (Å²) in [5, 5.41) is 3.15. The molecule has 1 heterocycles. The van der Waals surface area contributed by atoms with Crippen LogP contribution in [0.15, 0.2) is 23.0 Å². The Kier molecular flexibility index (Phi) is 3.14. The molecular weight excluding hydrogens is 242 g/mol. The van der Waals surface area contributed by atoms with Crippen LogP contribution in [-0.4, -0.2) is 15.9 Å². The lowest BCUT2D eigenvalue weighted by Crippen LogP contribution is -2.29. The molecule has 5 nitrogen and oxygen atoms in total. The van der Waals surface area contributed by atoms with E-state index in [4.69, 9.17) is 0 Å². The van der Waals surface area contributed by atoms with Crippen LogP contribution in [0.5, 0.6) is 0 Å². The number of nitrogens with zero attached hydrogens (tertiary/aromatic N) is 1. The van der Waals surface area contributed by atoms with E-state index in [2.05, 4.69) is 15.3 Å². The van der Waals surface area contributed by atoms with Crippen LogP contribution < -0.4 is 10.9 Å². The monoisotopic (exact) mass is 259 g/mol. The van der Waals surface area contributed by atoms with E-state index < -0.39 is 5.41 Å². The minimum absolute atomic E-state index is 0.182. The molecule has 0 saturated heterocycles. The van der Waals surface area contributed by atoms with Crippen molar-refractivity contribution in [1.29, 1.82) is 0 Å². The number of hydrogen-bond acceptors (Lipinski definition) is 3. The number of aromatic amines is 1. The highest BCUT2D eigenvalue weighted by atomic mass is 16.2. The number of carbonyl (C=O) groups is 1. The van der Waals surface area contributed by atoms with Crippen LogP contribution in [-0.2, 0) is 4.79 Å². The molecule has 1 amide bonds. The number of nitrogens with one attached hydrogen (secondary N) is 2. The van der Waals surface area contributed by atoms with Crippen LogP contribution in [0.4, 0.5) is 5.95 Å². The van der Waals surface area contributed by atoms with Gasteiger partial charge < -0.3 is 0 Å². The largest absolute Gasteiger partial charge is 0.296 e. The Hall–Kier alpha value is -2.17. The average Bonchev–Trinajstić information content (AvgIpc) is 2.29. The molecule has 0 fully saturated rings. The Labute approximate surface area is 111 Å². The number of fused-ring (bicyclic) bond motifs is 1. The maximum Gasteiger partial charge on any atom is 0.260 e. The Bertz CT molecular complexity index is 696. The van der Waals surface area contributed by atoms with Gasteiger partial charge in [-0.05, 0) is 19.1 Å². The Morgan fingerprint density at radius 2 is 2.00 bits per heavy atom. The van der Waals surface area contributed by atoms with Crippen molar-refractivity contribution in [3.05, 3.63) is 34.1 Å². The molecule has 2 aromatic rings. The van der Waals surface area contributed by atoms with Gasteiger partial charge in [-0.1, -0.05) is 32.4 Å². The zero-order valence-electron chi connectivity index (χ0n) is 11.5. The summed E-state index contributed by atoms with van der Waals surface area (Å²) in [6.07, 6.45) is 0. The molecule has 0 atom stereocenters. The van der Waals surface area contributed by atoms with Gasteiger partial charge in [-0.2, -0.15) is 0 Å². The van der Waals surface area contributed by atoms with Gasteiger partial charge in [0.25, 0.3) is 5.56 Å². The van der Waals surface area contributed by atoms with Crippen molar-refractivity contribution < 1.29 is 4.79 Å².